The fourth-order valence-corrected chi connectivity index (χ4v) is 3.54. The predicted octanol–water partition coefficient (Wildman–Crippen LogP) is 6.02. The fraction of sp³-hybridized carbons (Fsp3) is 0.182. The van der Waals surface area contributed by atoms with Gasteiger partial charge in [-0.15, -0.1) is 11.3 Å². The van der Waals surface area contributed by atoms with E-state index in [2.05, 4.69) is 24.8 Å². The molecule has 1 nitrogen and oxygen atoms in total. The van der Waals surface area contributed by atoms with Crippen LogP contribution in [0.2, 0.25) is 0 Å². The van der Waals surface area contributed by atoms with E-state index < -0.39 is 11.6 Å². The Bertz CT molecular complexity index is 939. The van der Waals surface area contributed by atoms with Crippen molar-refractivity contribution in [3.8, 4) is 23.0 Å². The predicted molar refractivity (Wildman–Crippen MR) is 105 cm³/mol. The summed E-state index contributed by atoms with van der Waals surface area (Å²) in [6.45, 7) is 2.16. The molecule has 2 N–H and O–H groups in total. The van der Waals surface area contributed by atoms with E-state index in [0.29, 0.717) is 16.8 Å². The molecule has 132 valence electrons. The zero-order chi connectivity index (χ0) is 18.5. The van der Waals surface area contributed by atoms with E-state index in [-0.39, 0.29) is 5.56 Å². The van der Waals surface area contributed by atoms with Crippen LogP contribution in [0.4, 0.5) is 14.5 Å². The summed E-state index contributed by atoms with van der Waals surface area (Å²) in [5.74, 6) is 4.60. The van der Waals surface area contributed by atoms with Gasteiger partial charge in [0.15, 0.2) is 0 Å². The van der Waals surface area contributed by atoms with E-state index in [4.69, 9.17) is 5.73 Å². The summed E-state index contributed by atoms with van der Waals surface area (Å²) in [5, 5.41) is 0. The van der Waals surface area contributed by atoms with Crippen molar-refractivity contribution in [2.24, 2.45) is 0 Å². The van der Waals surface area contributed by atoms with Crippen molar-refractivity contribution in [3.63, 3.8) is 0 Å². The number of nitrogen functional groups attached to an aromatic ring is 1. The molecule has 0 fully saturated rings. The number of hydrogen-bond acceptors (Lipinski definition) is 2. The molecule has 0 aliphatic heterocycles. The van der Waals surface area contributed by atoms with Crippen molar-refractivity contribution < 1.29 is 8.78 Å². The first-order valence-corrected chi connectivity index (χ1v) is 9.34. The number of unbranched alkanes of at least 4 members (excludes halogenated alkanes) is 1. The highest BCUT2D eigenvalue weighted by atomic mass is 32.1. The molecule has 1 aromatic heterocycles. The van der Waals surface area contributed by atoms with Crippen LogP contribution in [0.25, 0.3) is 11.1 Å². The van der Waals surface area contributed by atoms with Crippen molar-refractivity contribution in [2.45, 2.75) is 26.2 Å². The highest BCUT2D eigenvalue weighted by Crippen LogP contribution is 2.28. The van der Waals surface area contributed by atoms with Crippen molar-refractivity contribution in [1.29, 1.82) is 0 Å². The molecule has 0 aliphatic carbocycles. The molecule has 0 radical (unpaired) electrons. The summed E-state index contributed by atoms with van der Waals surface area (Å²) in [6, 6.07) is 13.0. The third-order valence-corrected chi connectivity index (χ3v) is 5.07. The molecule has 0 saturated carbocycles. The number of halogens is 2. The maximum Gasteiger partial charge on any atom is 0.135 e. The number of aryl methyl sites for hydroxylation is 1. The Kier molecular flexibility index (Phi) is 5.70. The van der Waals surface area contributed by atoms with Crippen LogP contribution in [-0.4, -0.2) is 0 Å². The van der Waals surface area contributed by atoms with Crippen molar-refractivity contribution in [3.05, 3.63) is 75.5 Å². The standard InChI is InChI=1S/C22H19F2NS/c1-2-3-4-18-11-12-19(26-18)10-5-15-13-20(23)22(21(24)14-15)16-6-8-17(25)9-7-16/h6-9,11-14H,2-4,25H2,1H3. The van der Waals surface area contributed by atoms with Crippen LogP contribution < -0.4 is 5.73 Å². The lowest BCUT2D eigenvalue weighted by molar-refractivity contribution is 0.589. The quantitative estimate of drug-likeness (QED) is 0.443. The molecular weight excluding hydrogens is 348 g/mol. The van der Waals surface area contributed by atoms with Gasteiger partial charge in [0.2, 0.25) is 0 Å². The van der Waals surface area contributed by atoms with Crippen LogP contribution >= 0.6 is 11.3 Å². The highest BCUT2D eigenvalue weighted by Gasteiger charge is 2.12. The van der Waals surface area contributed by atoms with Gasteiger partial charge in [-0.3, -0.25) is 0 Å². The maximum atomic E-state index is 14.4. The minimum atomic E-state index is -0.631. The van der Waals surface area contributed by atoms with E-state index in [1.807, 2.05) is 6.07 Å². The molecular formula is C22H19F2NS. The Balaban J connectivity index is 1.85. The molecule has 4 heteroatoms. The minimum Gasteiger partial charge on any atom is -0.399 e. The number of benzene rings is 2. The van der Waals surface area contributed by atoms with Crippen LogP contribution in [0.3, 0.4) is 0 Å². The average molecular weight is 367 g/mol. The zero-order valence-electron chi connectivity index (χ0n) is 14.5. The number of thiophene rings is 1. The van der Waals surface area contributed by atoms with Gasteiger partial charge in [-0.1, -0.05) is 37.3 Å². The second kappa shape index (κ2) is 8.16. The number of anilines is 1. The summed E-state index contributed by atoms with van der Waals surface area (Å²) < 4.78 is 28.9. The second-order valence-corrected chi connectivity index (χ2v) is 7.22. The first-order valence-electron chi connectivity index (χ1n) is 8.52. The van der Waals surface area contributed by atoms with Crippen molar-refractivity contribution >= 4 is 17.0 Å². The van der Waals surface area contributed by atoms with E-state index in [0.717, 1.165) is 24.1 Å². The Morgan fingerprint density at radius 3 is 2.31 bits per heavy atom. The fourth-order valence-electron chi connectivity index (χ4n) is 2.64. The number of hydrogen-bond donors (Lipinski definition) is 1. The maximum absolute atomic E-state index is 14.4. The molecule has 0 amide bonds. The first-order chi connectivity index (χ1) is 12.6. The van der Waals surface area contributed by atoms with Gasteiger partial charge in [-0.25, -0.2) is 8.78 Å². The van der Waals surface area contributed by atoms with Gasteiger partial charge in [0.25, 0.3) is 0 Å². The van der Waals surface area contributed by atoms with Crippen LogP contribution in [0.15, 0.2) is 48.5 Å². The SMILES string of the molecule is CCCCc1ccc(C#Cc2cc(F)c(-c3ccc(N)cc3)c(F)c2)s1. The Hall–Kier alpha value is -2.64. The minimum absolute atomic E-state index is 0.0616. The molecule has 26 heavy (non-hydrogen) atoms. The van der Waals surface area contributed by atoms with Gasteiger partial charge in [0, 0.05) is 16.1 Å². The lowest BCUT2D eigenvalue weighted by Gasteiger charge is -2.06. The van der Waals surface area contributed by atoms with Crippen molar-refractivity contribution in [1.82, 2.24) is 0 Å². The summed E-state index contributed by atoms with van der Waals surface area (Å²) in [5.41, 5.74) is 6.88. The molecule has 0 bridgehead atoms. The molecule has 2 aromatic carbocycles. The molecule has 3 aromatic rings. The molecule has 0 atom stereocenters. The van der Waals surface area contributed by atoms with E-state index in [1.165, 1.54) is 17.0 Å². The van der Waals surface area contributed by atoms with Crippen LogP contribution in [0.5, 0.6) is 0 Å². The largest absolute Gasteiger partial charge is 0.399 e. The molecule has 0 saturated heterocycles. The Morgan fingerprint density at radius 2 is 1.65 bits per heavy atom. The van der Waals surface area contributed by atoms with Crippen LogP contribution in [0.1, 0.15) is 35.1 Å². The summed E-state index contributed by atoms with van der Waals surface area (Å²) in [4.78, 5) is 2.19. The van der Waals surface area contributed by atoms with Gasteiger partial charge < -0.3 is 5.73 Å². The topological polar surface area (TPSA) is 26.0 Å². The number of rotatable bonds is 4. The smallest absolute Gasteiger partial charge is 0.135 e. The third-order valence-electron chi connectivity index (χ3n) is 4.01. The summed E-state index contributed by atoms with van der Waals surface area (Å²) >= 11 is 1.63. The third kappa shape index (κ3) is 4.30. The first kappa shape index (κ1) is 18.2. The molecule has 0 spiro atoms. The van der Waals surface area contributed by atoms with Crippen molar-refractivity contribution in [2.75, 3.05) is 5.73 Å². The van der Waals surface area contributed by atoms with Crippen LogP contribution in [-0.2, 0) is 6.42 Å². The Labute approximate surface area is 156 Å². The van der Waals surface area contributed by atoms with E-state index in [9.17, 15) is 8.78 Å². The monoisotopic (exact) mass is 367 g/mol. The summed E-state index contributed by atoms with van der Waals surface area (Å²) in [6.07, 6.45) is 3.34. The lowest BCUT2D eigenvalue weighted by Crippen LogP contribution is -1.93. The van der Waals surface area contributed by atoms with Gasteiger partial charge in [0.1, 0.15) is 11.6 Å². The Morgan fingerprint density at radius 1 is 0.962 bits per heavy atom. The lowest BCUT2D eigenvalue weighted by atomic mass is 10.0. The van der Waals surface area contributed by atoms with Gasteiger partial charge in [-0.05, 0) is 54.8 Å². The molecule has 3 rings (SSSR count). The zero-order valence-corrected chi connectivity index (χ0v) is 15.3. The molecule has 0 unspecified atom stereocenters. The molecule has 0 aliphatic rings. The number of nitrogens with two attached hydrogens (primary N) is 1. The van der Waals surface area contributed by atoms with Crippen LogP contribution in [0, 0.1) is 23.5 Å². The molecule has 1 heterocycles. The highest BCUT2D eigenvalue weighted by molar-refractivity contribution is 7.12. The van der Waals surface area contributed by atoms with E-state index in [1.54, 1.807) is 35.6 Å². The van der Waals surface area contributed by atoms with E-state index >= 15 is 0 Å². The van der Waals surface area contributed by atoms with Gasteiger partial charge in [-0.2, -0.15) is 0 Å². The van der Waals surface area contributed by atoms with Gasteiger partial charge >= 0.3 is 0 Å². The summed E-state index contributed by atoms with van der Waals surface area (Å²) in [7, 11) is 0. The average Bonchev–Trinajstić information content (AvgIpc) is 3.07. The second-order valence-electron chi connectivity index (χ2n) is 6.06. The van der Waals surface area contributed by atoms with Gasteiger partial charge in [0.05, 0.1) is 10.4 Å². The normalized spacial score (nSPS) is 10.4.